The first-order valence-corrected chi connectivity index (χ1v) is 5.41. The van der Waals surface area contributed by atoms with Crippen LogP contribution in [0.2, 0.25) is 0 Å². The predicted molar refractivity (Wildman–Crippen MR) is 44.6 cm³/mol. The van der Waals surface area contributed by atoms with Crippen molar-refractivity contribution >= 4 is 28.3 Å². The topological polar surface area (TPSA) is 34.1 Å². The molecule has 0 aliphatic carbocycles. The molecular weight excluding hydrogens is 168 g/mol. The van der Waals surface area contributed by atoms with Gasteiger partial charge in [-0.3, -0.25) is 9.00 Å². The smallest absolute Gasteiger partial charge is 0.158 e. The highest BCUT2D eigenvalue weighted by molar-refractivity contribution is 8.16. The first kappa shape index (κ1) is 8.27. The van der Waals surface area contributed by atoms with Crippen molar-refractivity contribution in [2.45, 2.75) is 17.9 Å². The number of hydrogen-bond acceptors (Lipinski definition) is 3. The second kappa shape index (κ2) is 2.66. The highest BCUT2D eigenvalue weighted by Crippen LogP contribution is 2.35. The van der Waals surface area contributed by atoms with Crippen LogP contribution in [0.5, 0.6) is 0 Å². The fraction of sp³-hybridized carbons (Fsp3) is 0.833. The second-order valence-corrected chi connectivity index (χ2v) is 6.09. The average Bonchev–Trinajstić information content (AvgIpc) is 2.15. The van der Waals surface area contributed by atoms with Gasteiger partial charge in [0.2, 0.25) is 0 Å². The van der Waals surface area contributed by atoms with E-state index in [0.717, 1.165) is 5.75 Å². The molecule has 10 heavy (non-hydrogen) atoms. The molecule has 1 fully saturated rings. The van der Waals surface area contributed by atoms with Crippen LogP contribution < -0.4 is 0 Å². The fourth-order valence-corrected chi connectivity index (χ4v) is 4.10. The second-order valence-electron chi connectivity index (χ2n) is 2.40. The Hall–Kier alpha value is 0.170. The van der Waals surface area contributed by atoms with Gasteiger partial charge in [0.25, 0.3) is 0 Å². The number of carbonyl (C=O) groups is 1. The van der Waals surface area contributed by atoms with Crippen LogP contribution in [0.1, 0.15) is 13.8 Å². The molecule has 4 heteroatoms. The molecule has 1 aliphatic heterocycles. The highest BCUT2D eigenvalue weighted by atomic mass is 32.2. The molecule has 0 aromatic heterocycles. The number of ketones is 1. The SMILES string of the molecule is CC(=O)[C@]1(C)SCCS1=O. The van der Waals surface area contributed by atoms with E-state index in [2.05, 4.69) is 0 Å². The van der Waals surface area contributed by atoms with Crippen molar-refractivity contribution in [3.63, 3.8) is 0 Å². The van der Waals surface area contributed by atoms with Crippen molar-refractivity contribution in [3.8, 4) is 0 Å². The van der Waals surface area contributed by atoms with Crippen LogP contribution in [0.3, 0.4) is 0 Å². The Labute approximate surface area is 67.2 Å². The van der Waals surface area contributed by atoms with Crippen LogP contribution >= 0.6 is 11.8 Å². The van der Waals surface area contributed by atoms with Gasteiger partial charge in [0.1, 0.15) is 4.08 Å². The third-order valence-electron chi connectivity index (χ3n) is 1.72. The minimum Gasteiger partial charge on any atom is -0.297 e. The molecule has 0 saturated carbocycles. The van der Waals surface area contributed by atoms with Crippen molar-refractivity contribution in [1.82, 2.24) is 0 Å². The zero-order valence-corrected chi connectivity index (χ0v) is 7.68. The lowest BCUT2D eigenvalue weighted by Crippen LogP contribution is -2.31. The summed E-state index contributed by atoms with van der Waals surface area (Å²) in [5, 5.41) is 0. The van der Waals surface area contributed by atoms with Crippen LogP contribution in [0.4, 0.5) is 0 Å². The maximum Gasteiger partial charge on any atom is 0.158 e. The van der Waals surface area contributed by atoms with E-state index in [-0.39, 0.29) is 5.78 Å². The molecule has 58 valence electrons. The first-order chi connectivity index (χ1) is 4.57. The molecule has 1 rings (SSSR count). The van der Waals surface area contributed by atoms with Gasteiger partial charge < -0.3 is 0 Å². The molecule has 2 nitrogen and oxygen atoms in total. The molecule has 0 spiro atoms. The van der Waals surface area contributed by atoms with E-state index in [4.69, 9.17) is 0 Å². The van der Waals surface area contributed by atoms with E-state index in [0.29, 0.717) is 5.75 Å². The van der Waals surface area contributed by atoms with Crippen LogP contribution in [0.25, 0.3) is 0 Å². The van der Waals surface area contributed by atoms with Crippen molar-refractivity contribution in [2.75, 3.05) is 11.5 Å². The van der Waals surface area contributed by atoms with E-state index in [1.165, 1.54) is 18.7 Å². The summed E-state index contributed by atoms with van der Waals surface area (Å²) < 4.78 is 10.6. The summed E-state index contributed by atoms with van der Waals surface area (Å²) >= 11 is 1.51. The van der Waals surface area contributed by atoms with Gasteiger partial charge in [0.05, 0.1) is 0 Å². The summed E-state index contributed by atoms with van der Waals surface area (Å²) in [6.45, 7) is 3.28. The van der Waals surface area contributed by atoms with E-state index in [9.17, 15) is 9.00 Å². The summed E-state index contributed by atoms with van der Waals surface area (Å²) in [5.74, 6) is 1.55. The van der Waals surface area contributed by atoms with E-state index in [1.807, 2.05) is 0 Å². The molecule has 1 heterocycles. The maximum atomic E-state index is 11.2. The normalized spacial score (nSPS) is 40.0. The molecule has 0 bridgehead atoms. The largest absolute Gasteiger partial charge is 0.297 e. The van der Waals surface area contributed by atoms with Gasteiger partial charge in [0.15, 0.2) is 5.78 Å². The van der Waals surface area contributed by atoms with Gasteiger partial charge in [-0.25, -0.2) is 0 Å². The number of rotatable bonds is 1. The average molecular weight is 178 g/mol. The van der Waals surface area contributed by atoms with Crippen molar-refractivity contribution in [2.24, 2.45) is 0 Å². The molecule has 0 aromatic rings. The van der Waals surface area contributed by atoms with Crippen LogP contribution in [-0.4, -0.2) is 25.6 Å². The molecule has 0 amide bonds. The Morgan fingerprint density at radius 3 is 2.50 bits per heavy atom. The van der Waals surface area contributed by atoms with Crippen molar-refractivity contribution in [3.05, 3.63) is 0 Å². The molecule has 0 aromatic carbocycles. The van der Waals surface area contributed by atoms with Crippen LogP contribution in [0.15, 0.2) is 0 Å². The van der Waals surface area contributed by atoms with Gasteiger partial charge in [-0.05, 0) is 13.8 Å². The Kier molecular flexibility index (Phi) is 2.20. The summed E-state index contributed by atoms with van der Waals surface area (Å²) in [7, 11) is -0.943. The third-order valence-corrected chi connectivity index (χ3v) is 5.87. The predicted octanol–water partition coefficient (Wildman–Crippen LogP) is 0.787. The minimum absolute atomic E-state index is 0.0355. The highest BCUT2D eigenvalue weighted by Gasteiger charge is 2.41. The number of Topliss-reactive ketones (excluding diaryl/α,β-unsaturated/α-hetero) is 1. The molecule has 1 unspecified atom stereocenters. The quantitative estimate of drug-likeness (QED) is 0.595. The van der Waals surface area contributed by atoms with Gasteiger partial charge in [-0.1, -0.05) is 0 Å². The van der Waals surface area contributed by atoms with Gasteiger partial charge in [-0.2, -0.15) is 0 Å². The van der Waals surface area contributed by atoms with Gasteiger partial charge >= 0.3 is 0 Å². The van der Waals surface area contributed by atoms with E-state index in [1.54, 1.807) is 6.92 Å². The minimum atomic E-state index is -0.943. The van der Waals surface area contributed by atoms with Crippen molar-refractivity contribution < 1.29 is 9.00 Å². The lowest BCUT2D eigenvalue weighted by molar-refractivity contribution is -0.117. The zero-order chi connectivity index (χ0) is 7.78. The first-order valence-electron chi connectivity index (χ1n) is 3.11. The molecule has 1 saturated heterocycles. The van der Waals surface area contributed by atoms with E-state index < -0.39 is 14.9 Å². The maximum absolute atomic E-state index is 11.2. The monoisotopic (exact) mass is 178 g/mol. The number of thioether (sulfide) groups is 1. The van der Waals surface area contributed by atoms with Gasteiger partial charge in [-0.15, -0.1) is 11.8 Å². The van der Waals surface area contributed by atoms with Crippen molar-refractivity contribution in [1.29, 1.82) is 0 Å². The fourth-order valence-electron chi connectivity index (χ4n) is 0.835. The standard InChI is InChI=1S/C6H10O2S2/c1-5(7)6(2)9-3-4-10(6)8/h3-4H2,1-2H3/t6-,10?/m1/s1. The summed E-state index contributed by atoms with van der Waals surface area (Å²) in [6, 6.07) is 0. The third kappa shape index (κ3) is 1.14. The Morgan fingerprint density at radius 1 is 1.70 bits per heavy atom. The Balaban J connectivity index is 2.86. The molecule has 0 N–H and O–H groups in total. The summed E-state index contributed by atoms with van der Waals surface area (Å²) in [6.07, 6.45) is 0. The molecule has 1 aliphatic rings. The van der Waals surface area contributed by atoms with Crippen LogP contribution in [0, 0.1) is 0 Å². The Bertz CT molecular complexity index is 190. The lowest BCUT2D eigenvalue weighted by atomic mass is 10.3. The summed E-state index contributed by atoms with van der Waals surface area (Å²) in [4.78, 5) is 11.0. The zero-order valence-electron chi connectivity index (χ0n) is 6.05. The lowest BCUT2D eigenvalue weighted by Gasteiger charge is -2.16. The number of hydrogen-bond donors (Lipinski definition) is 0. The molecule has 0 radical (unpaired) electrons. The molecular formula is C6H10O2S2. The van der Waals surface area contributed by atoms with Gasteiger partial charge in [0, 0.05) is 22.3 Å². The van der Waals surface area contributed by atoms with Crippen LogP contribution in [-0.2, 0) is 15.6 Å². The molecule has 2 atom stereocenters. The summed E-state index contributed by atoms with van der Waals surface area (Å²) in [5.41, 5.74) is 0. The van der Waals surface area contributed by atoms with E-state index >= 15 is 0 Å². The Morgan fingerprint density at radius 2 is 2.30 bits per heavy atom. The number of carbonyl (C=O) groups excluding carboxylic acids is 1.